The van der Waals surface area contributed by atoms with Crippen LogP contribution in [0.25, 0.3) is 0 Å². The summed E-state index contributed by atoms with van der Waals surface area (Å²) in [5.74, 6) is -0.326. The molecule has 0 bridgehead atoms. The first-order valence-corrected chi connectivity index (χ1v) is 9.31. The van der Waals surface area contributed by atoms with Crippen LogP contribution in [-0.2, 0) is 11.2 Å². The molecule has 0 aliphatic rings. The average Bonchev–Trinajstić information content (AvgIpc) is 2.68. The van der Waals surface area contributed by atoms with Crippen molar-refractivity contribution >= 4 is 12.2 Å². The quantitative estimate of drug-likeness (QED) is 0.270. The van der Waals surface area contributed by atoms with Crippen LogP contribution in [0.1, 0.15) is 16.8 Å². The Balaban J connectivity index is 1.86. The lowest BCUT2D eigenvalue weighted by Crippen LogP contribution is -2.38. The number of hydrogen-bond acceptors (Lipinski definition) is 5. The van der Waals surface area contributed by atoms with Gasteiger partial charge in [-0.1, -0.05) is 25.3 Å². The number of halogens is 1. The fraction of sp³-hybridized carbons (Fsp3) is 0.227. The second kappa shape index (κ2) is 10.8. The molecular formula is C22H26FN5O2. The number of aryl methyl sites for hydroxylation is 2. The number of amides is 1. The van der Waals surface area contributed by atoms with Crippen molar-refractivity contribution in [2.75, 3.05) is 13.6 Å². The lowest BCUT2D eigenvalue weighted by atomic mass is 10.1. The number of carbonyl (C=O) groups excluding carboxylic acids is 1. The van der Waals surface area contributed by atoms with E-state index in [4.69, 9.17) is 4.74 Å². The summed E-state index contributed by atoms with van der Waals surface area (Å²) in [4.78, 5) is 19.6. The van der Waals surface area contributed by atoms with Crippen LogP contribution in [0.2, 0.25) is 0 Å². The van der Waals surface area contributed by atoms with Crippen LogP contribution in [0, 0.1) is 13.8 Å². The molecule has 2 rings (SSSR count). The van der Waals surface area contributed by atoms with Gasteiger partial charge in [-0.05, 0) is 49.6 Å². The summed E-state index contributed by atoms with van der Waals surface area (Å²) in [6, 6.07) is 11.5. The van der Waals surface area contributed by atoms with Gasteiger partial charge in [-0.15, -0.1) is 0 Å². The Morgan fingerprint density at radius 1 is 1.30 bits per heavy atom. The number of ether oxygens (including phenoxy) is 1. The second-order valence-corrected chi connectivity index (χ2v) is 6.63. The highest BCUT2D eigenvalue weighted by Gasteiger charge is 2.06. The monoisotopic (exact) mass is 411 g/mol. The van der Waals surface area contributed by atoms with Gasteiger partial charge in [-0.25, -0.2) is 14.4 Å². The normalized spacial score (nSPS) is 10.5. The number of aliphatic imine (C=N–C) groups is 1. The number of nitrogens with zero attached hydrogens (tertiary/aromatic N) is 3. The molecule has 0 atom stereocenters. The third-order valence-corrected chi connectivity index (χ3v) is 4.04. The standard InChI is InChI=1S/C22H26FN5O2/c1-15-9-10-20(30-21-8-6-7-16(2)26-21)13-19(15)11-12-24-18(4)25-14-28(5)27-22(29)17(3)23/h6-10,13-14,24H,3-4,11-12H2,1-2,5H3,(H,27,29). The van der Waals surface area contributed by atoms with Gasteiger partial charge in [-0.3, -0.25) is 15.2 Å². The zero-order valence-corrected chi connectivity index (χ0v) is 17.4. The third-order valence-electron chi connectivity index (χ3n) is 4.04. The smallest absolute Gasteiger partial charge is 0.297 e. The summed E-state index contributed by atoms with van der Waals surface area (Å²) < 4.78 is 18.5. The Hall–Kier alpha value is -3.68. The molecule has 0 aliphatic heterocycles. The van der Waals surface area contributed by atoms with Crippen LogP contribution in [0.15, 0.2) is 66.2 Å². The predicted molar refractivity (Wildman–Crippen MR) is 116 cm³/mol. The molecular weight excluding hydrogens is 385 g/mol. The van der Waals surface area contributed by atoms with E-state index in [0.29, 0.717) is 18.2 Å². The minimum absolute atomic E-state index is 0.407. The maximum atomic E-state index is 12.7. The Kier molecular flexibility index (Phi) is 8.10. The highest BCUT2D eigenvalue weighted by molar-refractivity contribution is 5.90. The number of aromatic nitrogens is 1. The van der Waals surface area contributed by atoms with E-state index < -0.39 is 11.7 Å². The molecule has 1 amide bonds. The third kappa shape index (κ3) is 7.38. The van der Waals surface area contributed by atoms with Crippen LogP contribution in [0.4, 0.5) is 4.39 Å². The highest BCUT2D eigenvalue weighted by Crippen LogP contribution is 2.23. The van der Waals surface area contributed by atoms with E-state index >= 15 is 0 Å². The number of hydrogen-bond donors (Lipinski definition) is 2. The molecule has 1 aromatic carbocycles. The lowest BCUT2D eigenvalue weighted by Gasteiger charge is -2.14. The molecule has 0 radical (unpaired) electrons. The van der Waals surface area contributed by atoms with E-state index in [2.05, 4.69) is 33.9 Å². The van der Waals surface area contributed by atoms with E-state index in [9.17, 15) is 9.18 Å². The van der Waals surface area contributed by atoms with Gasteiger partial charge in [0.2, 0.25) is 5.88 Å². The summed E-state index contributed by atoms with van der Waals surface area (Å²) in [5, 5.41) is 4.30. The highest BCUT2D eigenvalue weighted by atomic mass is 19.1. The topological polar surface area (TPSA) is 78.9 Å². The summed E-state index contributed by atoms with van der Waals surface area (Å²) in [5.41, 5.74) is 5.39. The first-order valence-electron chi connectivity index (χ1n) is 9.31. The minimum Gasteiger partial charge on any atom is -0.439 e. The molecule has 7 nitrogen and oxygen atoms in total. The molecule has 0 spiro atoms. The average molecular weight is 411 g/mol. The van der Waals surface area contributed by atoms with Gasteiger partial charge in [0.15, 0.2) is 5.83 Å². The summed E-state index contributed by atoms with van der Waals surface area (Å²) >= 11 is 0. The van der Waals surface area contributed by atoms with Crippen LogP contribution >= 0.6 is 0 Å². The van der Waals surface area contributed by atoms with E-state index in [1.807, 2.05) is 50.2 Å². The van der Waals surface area contributed by atoms with Crippen molar-refractivity contribution in [1.82, 2.24) is 20.7 Å². The molecule has 2 aromatic rings. The zero-order valence-electron chi connectivity index (χ0n) is 17.4. The molecule has 30 heavy (non-hydrogen) atoms. The van der Waals surface area contributed by atoms with Gasteiger partial charge >= 0.3 is 0 Å². The van der Waals surface area contributed by atoms with Crippen LogP contribution in [0.5, 0.6) is 11.6 Å². The number of rotatable bonds is 10. The SMILES string of the molecule is C=C(N=CN(C)NC(=O)C(=C)F)NCCc1cc(Oc2cccc(C)n2)ccc1C. The molecule has 0 saturated heterocycles. The van der Waals surface area contributed by atoms with Gasteiger partial charge in [0.1, 0.15) is 17.9 Å². The fourth-order valence-corrected chi connectivity index (χ4v) is 2.47. The van der Waals surface area contributed by atoms with Gasteiger partial charge in [0.25, 0.3) is 5.91 Å². The van der Waals surface area contributed by atoms with Crippen molar-refractivity contribution in [3.8, 4) is 11.6 Å². The van der Waals surface area contributed by atoms with Crippen molar-refractivity contribution in [3.63, 3.8) is 0 Å². The van der Waals surface area contributed by atoms with E-state index in [1.54, 1.807) is 0 Å². The first kappa shape index (κ1) is 22.6. The van der Waals surface area contributed by atoms with E-state index in [-0.39, 0.29) is 0 Å². The van der Waals surface area contributed by atoms with Crippen LogP contribution < -0.4 is 15.5 Å². The number of benzene rings is 1. The Morgan fingerprint density at radius 2 is 2.07 bits per heavy atom. The van der Waals surface area contributed by atoms with E-state index in [0.717, 1.165) is 29.0 Å². The van der Waals surface area contributed by atoms with Crippen LogP contribution in [0.3, 0.4) is 0 Å². The Morgan fingerprint density at radius 3 is 2.77 bits per heavy atom. The number of hydrazine groups is 1. The first-order chi connectivity index (χ1) is 14.2. The molecule has 0 fully saturated rings. The van der Waals surface area contributed by atoms with Crippen molar-refractivity contribution in [3.05, 3.63) is 78.0 Å². The van der Waals surface area contributed by atoms with Gasteiger partial charge in [0, 0.05) is 25.4 Å². The summed E-state index contributed by atoms with van der Waals surface area (Å²) in [6.07, 6.45) is 2.04. The maximum absolute atomic E-state index is 12.7. The van der Waals surface area contributed by atoms with Crippen molar-refractivity contribution in [2.24, 2.45) is 4.99 Å². The molecule has 2 N–H and O–H groups in total. The molecule has 8 heteroatoms. The number of carbonyl (C=O) groups is 1. The Bertz CT molecular complexity index is 958. The molecule has 158 valence electrons. The summed E-state index contributed by atoms with van der Waals surface area (Å²) in [7, 11) is 1.51. The van der Waals surface area contributed by atoms with Gasteiger partial charge in [0.05, 0.1) is 0 Å². The molecule has 0 unspecified atom stereocenters. The Labute approximate surface area is 176 Å². The zero-order chi connectivity index (χ0) is 22.1. The fourth-order valence-electron chi connectivity index (χ4n) is 2.47. The van der Waals surface area contributed by atoms with Gasteiger partial charge in [-0.2, -0.15) is 0 Å². The lowest BCUT2D eigenvalue weighted by molar-refractivity contribution is -0.121. The van der Waals surface area contributed by atoms with Crippen molar-refractivity contribution in [2.45, 2.75) is 20.3 Å². The molecule has 0 aliphatic carbocycles. The minimum atomic E-state index is -1.08. The molecule has 1 heterocycles. The number of nitrogens with one attached hydrogen (secondary N) is 2. The largest absolute Gasteiger partial charge is 0.439 e. The molecule has 1 aromatic heterocycles. The van der Waals surface area contributed by atoms with Crippen molar-refractivity contribution < 1.29 is 13.9 Å². The predicted octanol–water partition coefficient (Wildman–Crippen LogP) is 3.57. The van der Waals surface area contributed by atoms with Crippen molar-refractivity contribution in [1.29, 1.82) is 0 Å². The van der Waals surface area contributed by atoms with Gasteiger partial charge < -0.3 is 10.1 Å². The second-order valence-electron chi connectivity index (χ2n) is 6.63. The summed E-state index contributed by atoms with van der Waals surface area (Å²) in [6.45, 7) is 11.3. The number of pyridine rings is 1. The van der Waals surface area contributed by atoms with E-state index in [1.165, 1.54) is 18.4 Å². The maximum Gasteiger partial charge on any atom is 0.297 e. The van der Waals surface area contributed by atoms with Crippen LogP contribution in [-0.4, -0.2) is 35.8 Å². The molecule has 0 saturated carbocycles.